The Morgan fingerprint density at radius 2 is 1.14 bits per heavy atom. The molecule has 0 aliphatic heterocycles. The van der Waals surface area contributed by atoms with Crippen LogP contribution in [0.4, 0.5) is 0 Å². The first-order chi connectivity index (χ1) is 22.1. The summed E-state index contributed by atoms with van der Waals surface area (Å²) in [5, 5.41) is 0.373. The molecule has 0 bridgehead atoms. The summed E-state index contributed by atoms with van der Waals surface area (Å²) in [5.41, 5.74) is 1.95. The van der Waals surface area contributed by atoms with Crippen molar-refractivity contribution in [3.63, 3.8) is 0 Å². The average Bonchev–Trinajstić information content (AvgIpc) is 3.45. The summed E-state index contributed by atoms with van der Waals surface area (Å²) < 4.78 is 78.5. The van der Waals surface area contributed by atoms with Crippen molar-refractivity contribution in [2.24, 2.45) is 0 Å². The second-order valence-electron chi connectivity index (χ2n) is 8.27. The summed E-state index contributed by atoms with van der Waals surface area (Å²) in [5.74, 6) is 0.750. The lowest BCUT2D eigenvalue weighted by Crippen LogP contribution is -2.06. The number of aromatic nitrogens is 4. The highest BCUT2D eigenvalue weighted by Crippen LogP contribution is 2.38. The Bertz CT molecular complexity index is 2270. The van der Waals surface area contributed by atoms with E-state index in [9.17, 15) is 0 Å². The van der Waals surface area contributed by atoms with Crippen molar-refractivity contribution in [1.82, 2.24) is 19.5 Å². The van der Waals surface area contributed by atoms with Gasteiger partial charge in [-0.2, -0.15) is 9.97 Å². The van der Waals surface area contributed by atoms with Crippen LogP contribution in [0.15, 0.2) is 133 Å². The molecule has 0 aliphatic carbocycles. The maximum absolute atomic E-state index is 9.00. The molecular formula is C33H22N4. The van der Waals surface area contributed by atoms with Gasteiger partial charge in [-0.25, -0.2) is 4.98 Å². The van der Waals surface area contributed by atoms with Crippen LogP contribution in [0.3, 0.4) is 0 Å². The zero-order chi connectivity index (χ0) is 32.4. The van der Waals surface area contributed by atoms with Gasteiger partial charge in [-0.15, -0.1) is 0 Å². The molecule has 0 saturated heterocycles. The Hall–Kier alpha value is -5.09. The Labute approximate surface area is 227 Å². The minimum Gasteiger partial charge on any atom is -0.278 e. The van der Waals surface area contributed by atoms with E-state index in [-0.39, 0.29) is 45.4 Å². The molecule has 4 nitrogen and oxygen atoms in total. The molecule has 0 aliphatic rings. The highest BCUT2D eigenvalue weighted by atomic mass is 15.2. The summed E-state index contributed by atoms with van der Waals surface area (Å²) >= 11 is 0. The minimum absolute atomic E-state index is 0.0741. The van der Waals surface area contributed by atoms with Gasteiger partial charge in [0, 0.05) is 21.9 Å². The van der Waals surface area contributed by atoms with E-state index in [4.69, 9.17) is 27.3 Å². The second-order valence-corrected chi connectivity index (χ2v) is 8.27. The van der Waals surface area contributed by atoms with Crippen LogP contribution < -0.4 is 0 Å². The number of para-hydroxylation sites is 1. The normalized spacial score (nSPS) is 14.6. The highest BCUT2D eigenvalue weighted by Gasteiger charge is 2.19. The van der Waals surface area contributed by atoms with Crippen molar-refractivity contribution in [2.45, 2.75) is 0 Å². The molecule has 5 aromatic carbocycles. The van der Waals surface area contributed by atoms with Crippen LogP contribution in [0.5, 0.6) is 0 Å². The van der Waals surface area contributed by atoms with Gasteiger partial charge in [0.05, 0.1) is 23.4 Å². The molecular weight excluding hydrogens is 452 g/mol. The molecule has 0 unspecified atom stereocenters. The van der Waals surface area contributed by atoms with Gasteiger partial charge in [0.15, 0.2) is 11.6 Å². The summed E-state index contributed by atoms with van der Waals surface area (Å²) in [6.07, 6.45) is 0. The molecule has 0 saturated carbocycles. The Balaban J connectivity index is 1.68. The average molecular weight is 484 g/mol. The lowest BCUT2D eigenvalue weighted by atomic mass is 9.99. The Kier molecular flexibility index (Phi) is 3.31. The predicted octanol–water partition coefficient (Wildman–Crippen LogP) is 7.97. The third kappa shape index (κ3) is 3.67. The lowest BCUT2D eigenvalue weighted by molar-refractivity contribution is 0.953. The van der Waals surface area contributed by atoms with E-state index in [1.54, 1.807) is 18.2 Å². The van der Waals surface area contributed by atoms with Gasteiger partial charge in [0.1, 0.15) is 0 Å². The first-order valence-corrected chi connectivity index (χ1v) is 11.6. The van der Waals surface area contributed by atoms with Crippen LogP contribution in [-0.4, -0.2) is 19.5 Å². The molecule has 4 heteroatoms. The number of fused-ring (bicyclic) bond motifs is 3. The van der Waals surface area contributed by atoms with Crippen molar-refractivity contribution in [1.29, 1.82) is 0 Å². The van der Waals surface area contributed by atoms with Gasteiger partial charge in [-0.1, -0.05) is 121 Å². The molecule has 37 heavy (non-hydrogen) atoms. The van der Waals surface area contributed by atoms with Gasteiger partial charge in [-0.05, 0) is 23.2 Å². The van der Waals surface area contributed by atoms with Crippen LogP contribution in [0.2, 0.25) is 0 Å². The Morgan fingerprint density at radius 1 is 0.514 bits per heavy atom. The smallest absolute Gasteiger partial charge is 0.238 e. The summed E-state index contributed by atoms with van der Waals surface area (Å²) in [6, 6.07) is 19.4. The maximum Gasteiger partial charge on any atom is 0.238 e. The van der Waals surface area contributed by atoms with Gasteiger partial charge < -0.3 is 0 Å². The highest BCUT2D eigenvalue weighted by molar-refractivity contribution is 6.15. The van der Waals surface area contributed by atoms with E-state index in [1.165, 1.54) is 4.57 Å². The van der Waals surface area contributed by atoms with Crippen molar-refractivity contribution in [2.75, 3.05) is 0 Å². The van der Waals surface area contributed by atoms with Crippen molar-refractivity contribution in [3.05, 3.63) is 133 Å². The molecule has 0 spiro atoms. The van der Waals surface area contributed by atoms with Crippen LogP contribution in [-0.2, 0) is 0 Å². The molecule has 7 rings (SSSR count). The number of hydrogen-bond acceptors (Lipinski definition) is 3. The van der Waals surface area contributed by atoms with Crippen LogP contribution in [0.25, 0.3) is 61.7 Å². The molecule has 2 heterocycles. The summed E-state index contributed by atoms with van der Waals surface area (Å²) in [7, 11) is 0. The van der Waals surface area contributed by atoms with Crippen molar-refractivity contribution < 1.29 is 12.3 Å². The standard InChI is InChI=1S/C33H22N4/c1-4-13-23(14-5-1)26-20-12-22-29-30(26)27-19-10-11-21-28(27)37(29)33-35-31(24-15-6-2-7-16-24)34-32(36-33)25-17-8-3-9-18-25/h1-22H/i1D,4D,5D,10D,11D,13D,14D,19D,21D. The Morgan fingerprint density at radius 3 is 1.81 bits per heavy atom. The van der Waals surface area contributed by atoms with E-state index in [2.05, 4.69) is 0 Å². The van der Waals surface area contributed by atoms with Crippen LogP contribution >= 0.6 is 0 Å². The molecule has 0 fully saturated rings. The first-order valence-electron chi connectivity index (χ1n) is 16.1. The van der Waals surface area contributed by atoms with E-state index < -0.39 is 42.3 Å². The predicted molar refractivity (Wildman–Crippen MR) is 150 cm³/mol. The van der Waals surface area contributed by atoms with Gasteiger partial charge in [0.2, 0.25) is 5.95 Å². The van der Waals surface area contributed by atoms with Gasteiger partial charge in [-0.3, -0.25) is 4.57 Å². The summed E-state index contributed by atoms with van der Waals surface area (Å²) in [4.78, 5) is 14.3. The molecule has 2 aromatic heterocycles. The fourth-order valence-electron chi connectivity index (χ4n) is 4.46. The maximum atomic E-state index is 9.00. The molecule has 174 valence electrons. The third-order valence-corrected chi connectivity index (χ3v) is 6.08. The number of nitrogens with zero attached hydrogens (tertiary/aromatic N) is 4. The van der Waals surface area contributed by atoms with E-state index in [0.29, 0.717) is 28.3 Å². The molecule has 0 radical (unpaired) electrons. The van der Waals surface area contributed by atoms with Crippen LogP contribution in [0, 0.1) is 0 Å². The number of rotatable bonds is 4. The molecule has 0 amide bonds. The fraction of sp³-hybridized carbons (Fsp3) is 0. The van der Waals surface area contributed by atoms with Crippen LogP contribution in [0.1, 0.15) is 12.3 Å². The van der Waals surface area contributed by atoms with Gasteiger partial charge in [0.25, 0.3) is 0 Å². The SMILES string of the molecule is [2H]c1c([2H])c([2H])c(-c2cccc3c2c2c([2H])c([2H])c([2H])c([2H])c2n3-c2nc(-c3ccccc3)nc(-c3ccccc3)n2)c([2H])c1[2H]. The topological polar surface area (TPSA) is 43.6 Å². The largest absolute Gasteiger partial charge is 0.278 e. The molecule has 0 N–H and O–H groups in total. The van der Waals surface area contributed by atoms with E-state index in [0.717, 1.165) is 0 Å². The zero-order valence-electron chi connectivity index (χ0n) is 28.3. The molecule has 0 atom stereocenters. The van der Waals surface area contributed by atoms with Crippen molar-refractivity contribution in [3.8, 4) is 39.9 Å². The third-order valence-electron chi connectivity index (χ3n) is 6.08. The lowest BCUT2D eigenvalue weighted by Gasteiger charge is -2.11. The monoisotopic (exact) mass is 483 g/mol. The van der Waals surface area contributed by atoms with E-state index >= 15 is 0 Å². The minimum atomic E-state index is -0.540. The fourth-order valence-corrected chi connectivity index (χ4v) is 4.46. The first kappa shape index (κ1) is 13.9. The second kappa shape index (κ2) is 8.85. The number of benzene rings is 5. The van der Waals surface area contributed by atoms with Crippen molar-refractivity contribution >= 4 is 21.8 Å². The quantitative estimate of drug-likeness (QED) is 0.255. The molecule has 7 aromatic rings. The summed E-state index contributed by atoms with van der Waals surface area (Å²) in [6.45, 7) is 0. The zero-order valence-corrected chi connectivity index (χ0v) is 19.3. The van der Waals surface area contributed by atoms with E-state index in [1.807, 2.05) is 60.7 Å². The van der Waals surface area contributed by atoms with Gasteiger partial charge >= 0.3 is 0 Å². The number of hydrogen-bond donors (Lipinski definition) is 0.